The number of amides is 1. The fourth-order valence-corrected chi connectivity index (χ4v) is 2.56. The van der Waals surface area contributed by atoms with Crippen molar-refractivity contribution in [1.82, 2.24) is 0 Å². The maximum atomic E-state index is 11.0. The van der Waals surface area contributed by atoms with Gasteiger partial charge in [-0.25, -0.2) is 0 Å². The molecule has 0 bridgehead atoms. The summed E-state index contributed by atoms with van der Waals surface area (Å²) < 4.78 is 0. The van der Waals surface area contributed by atoms with Crippen molar-refractivity contribution in [1.29, 1.82) is 0 Å². The number of nitrogens with one attached hydrogen (secondary N) is 2. The third-order valence-corrected chi connectivity index (χ3v) is 3.93. The van der Waals surface area contributed by atoms with Gasteiger partial charge in [-0.15, -0.1) is 0 Å². The van der Waals surface area contributed by atoms with Gasteiger partial charge < -0.3 is 10.6 Å². The fourth-order valence-electron chi connectivity index (χ4n) is 2.12. The third-order valence-electron chi connectivity index (χ3n) is 3.32. The number of aryl methyl sites for hydroxylation is 1. The Hall–Kier alpha value is -1.94. The highest BCUT2D eigenvalue weighted by Gasteiger charge is 1.98. The third kappa shape index (κ3) is 5.45. The molecule has 2 aromatic carbocycles. The van der Waals surface area contributed by atoms with Crippen LogP contribution in [0.1, 0.15) is 18.1 Å². The van der Waals surface area contributed by atoms with Crippen LogP contribution < -0.4 is 10.6 Å². The number of anilines is 2. The van der Waals surface area contributed by atoms with Crippen LogP contribution in [0.2, 0.25) is 0 Å². The van der Waals surface area contributed by atoms with Crippen molar-refractivity contribution in [2.24, 2.45) is 0 Å². The molecule has 116 valence electrons. The largest absolute Gasteiger partial charge is 0.381 e. The average Bonchev–Trinajstić information content (AvgIpc) is 2.53. The van der Waals surface area contributed by atoms with E-state index >= 15 is 0 Å². The minimum absolute atomic E-state index is 0.0487. The molecule has 0 unspecified atom stereocenters. The van der Waals surface area contributed by atoms with Crippen molar-refractivity contribution >= 4 is 29.0 Å². The molecule has 0 radical (unpaired) electrons. The maximum absolute atomic E-state index is 11.0. The number of carbonyl (C=O) groups is 1. The van der Waals surface area contributed by atoms with Crippen molar-refractivity contribution in [3.63, 3.8) is 0 Å². The molecule has 0 saturated carbocycles. The van der Waals surface area contributed by atoms with Crippen LogP contribution in [-0.2, 0) is 17.8 Å². The number of rotatable bonds is 7. The summed E-state index contributed by atoms with van der Waals surface area (Å²) in [7, 11) is 0. The van der Waals surface area contributed by atoms with E-state index in [1.807, 2.05) is 36.0 Å². The lowest BCUT2D eigenvalue weighted by Gasteiger charge is -2.09. The summed E-state index contributed by atoms with van der Waals surface area (Å²) >= 11 is 1.87. The first-order valence-corrected chi connectivity index (χ1v) is 8.75. The van der Waals surface area contributed by atoms with Crippen LogP contribution in [0.25, 0.3) is 0 Å². The number of thioether (sulfide) groups is 1. The van der Waals surface area contributed by atoms with Crippen LogP contribution in [0.4, 0.5) is 11.4 Å². The smallest absolute Gasteiger partial charge is 0.221 e. The molecule has 0 saturated heterocycles. The lowest BCUT2D eigenvalue weighted by molar-refractivity contribution is -0.114. The first-order chi connectivity index (χ1) is 10.7. The Labute approximate surface area is 136 Å². The second-order valence-corrected chi connectivity index (χ2v) is 6.16. The number of hydrogen-bond acceptors (Lipinski definition) is 3. The van der Waals surface area contributed by atoms with Gasteiger partial charge in [0.05, 0.1) is 0 Å². The topological polar surface area (TPSA) is 41.1 Å². The molecule has 1 amide bonds. The fraction of sp³-hybridized carbons (Fsp3) is 0.278. The van der Waals surface area contributed by atoms with Gasteiger partial charge in [0, 0.05) is 24.8 Å². The Morgan fingerprint density at radius 1 is 0.955 bits per heavy atom. The Morgan fingerprint density at radius 2 is 1.55 bits per heavy atom. The highest BCUT2D eigenvalue weighted by Crippen LogP contribution is 2.14. The SMILES string of the molecule is CSCCc1ccc(NCc2ccc(NC(C)=O)cc2)cc1. The lowest BCUT2D eigenvalue weighted by atomic mass is 10.1. The van der Waals surface area contributed by atoms with Gasteiger partial charge in [-0.05, 0) is 53.8 Å². The van der Waals surface area contributed by atoms with Crippen LogP contribution in [0.3, 0.4) is 0 Å². The summed E-state index contributed by atoms with van der Waals surface area (Å²) in [5, 5.41) is 6.18. The monoisotopic (exact) mass is 314 g/mol. The van der Waals surface area contributed by atoms with Gasteiger partial charge in [0.25, 0.3) is 0 Å². The van der Waals surface area contributed by atoms with Crippen molar-refractivity contribution in [3.05, 3.63) is 59.7 Å². The van der Waals surface area contributed by atoms with Crippen LogP contribution >= 0.6 is 11.8 Å². The van der Waals surface area contributed by atoms with Gasteiger partial charge in [-0.1, -0.05) is 24.3 Å². The van der Waals surface area contributed by atoms with Crippen molar-refractivity contribution < 1.29 is 4.79 Å². The van der Waals surface area contributed by atoms with E-state index in [1.54, 1.807) is 0 Å². The minimum Gasteiger partial charge on any atom is -0.381 e. The zero-order chi connectivity index (χ0) is 15.8. The van der Waals surface area contributed by atoms with Gasteiger partial charge in [-0.3, -0.25) is 4.79 Å². The van der Waals surface area contributed by atoms with Crippen LogP contribution in [0.15, 0.2) is 48.5 Å². The van der Waals surface area contributed by atoms with E-state index in [-0.39, 0.29) is 5.91 Å². The standard InChI is InChI=1S/C18H22N2OS/c1-14(21)20-18-9-5-16(6-10-18)13-19-17-7-3-15(4-8-17)11-12-22-2/h3-10,19H,11-13H2,1-2H3,(H,20,21). The van der Waals surface area contributed by atoms with Gasteiger partial charge >= 0.3 is 0 Å². The molecule has 0 aliphatic rings. The molecule has 0 aliphatic carbocycles. The minimum atomic E-state index is -0.0487. The number of benzene rings is 2. The average molecular weight is 314 g/mol. The van der Waals surface area contributed by atoms with E-state index in [0.717, 1.165) is 30.1 Å². The van der Waals surface area contributed by atoms with Gasteiger partial charge in [0.15, 0.2) is 0 Å². The Balaban J connectivity index is 1.85. The number of hydrogen-bond donors (Lipinski definition) is 2. The van der Waals surface area contributed by atoms with E-state index in [0.29, 0.717) is 0 Å². The first-order valence-electron chi connectivity index (χ1n) is 7.35. The quantitative estimate of drug-likeness (QED) is 0.806. The lowest BCUT2D eigenvalue weighted by Crippen LogP contribution is -2.06. The molecular formula is C18H22N2OS. The van der Waals surface area contributed by atoms with Crippen LogP contribution in [0.5, 0.6) is 0 Å². The Kier molecular flexibility index (Phi) is 6.34. The van der Waals surface area contributed by atoms with Crippen molar-refractivity contribution in [3.8, 4) is 0 Å². The molecule has 4 heteroatoms. The summed E-state index contributed by atoms with van der Waals surface area (Å²) in [6, 6.07) is 16.5. The zero-order valence-corrected chi connectivity index (χ0v) is 13.9. The van der Waals surface area contributed by atoms with Crippen LogP contribution in [-0.4, -0.2) is 17.9 Å². The summed E-state index contributed by atoms with van der Waals surface area (Å²) in [6.07, 6.45) is 3.25. The molecule has 0 heterocycles. The molecule has 0 aliphatic heterocycles. The second-order valence-electron chi connectivity index (χ2n) is 5.17. The maximum Gasteiger partial charge on any atom is 0.221 e. The Bertz CT molecular complexity index is 593. The summed E-state index contributed by atoms with van der Waals surface area (Å²) in [6.45, 7) is 2.28. The van der Waals surface area contributed by atoms with Gasteiger partial charge in [0.2, 0.25) is 5.91 Å². The second kappa shape index (κ2) is 8.49. The summed E-state index contributed by atoms with van der Waals surface area (Å²) in [4.78, 5) is 11.0. The van der Waals surface area contributed by atoms with E-state index in [9.17, 15) is 4.79 Å². The molecule has 2 N–H and O–H groups in total. The molecule has 0 spiro atoms. The Morgan fingerprint density at radius 3 is 2.14 bits per heavy atom. The van der Waals surface area contributed by atoms with Crippen LogP contribution in [0, 0.1) is 0 Å². The summed E-state index contributed by atoms with van der Waals surface area (Å²) in [5.74, 6) is 1.11. The van der Waals surface area contributed by atoms with E-state index in [2.05, 4.69) is 41.2 Å². The molecule has 3 nitrogen and oxygen atoms in total. The first kappa shape index (κ1) is 16.4. The number of carbonyl (C=O) groups excluding carboxylic acids is 1. The van der Waals surface area contributed by atoms with E-state index in [4.69, 9.17) is 0 Å². The predicted octanol–water partition coefficient (Wildman–Crippen LogP) is 4.16. The predicted molar refractivity (Wildman–Crippen MR) is 96.6 cm³/mol. The molecule has 2 aromatic rings. The summed E-state index contributed by atoms with van der Waals surface area (Å²) in [5.41, 5.74) is 4.51. The molecule has 0 atom stereocenters. The van der Waals surface area contributed by atoms with Crippen molar-refractivity contribution in [2.75, 3.05) is 22.6 Å². The van der Waals surface area contributed by atoms with Crippen molar-refractivity contribution in [2.45, 2.75) is 19.9 Å². The molecule has 0 fully saturated rings. The zero-order valence-electron chi connectivity index (χ0n) is 13.1. The highest BCUT2D eigenvalue weighted by atomic mass is 32.2. The van der Waals surface area contributed by atoms with E-state index in [1.165, 1.54) is 18.1 Å². The van der Waals surface area contributed by atoms with Gasteiger partial charge in [-0.2, -0.15) is 11.8 Å². The van der Waals surface area contributed by atoms with E-state index < -0.39 is 0 Å². The normalized spacial score (nSPS) is 10.3. The molecule has 22 heavy (non-hydrogen) atoms. The van der Waals surface area contributed by atoms with Gasteiger partial charge in [0.1, 0.15) is 0 Å². The molecule has 0 aromatic heterocycles. The molecule has 2 rings (SSSR count). The molecular weight excluding hydrogens is 292 g/mol. The highest BCUT2D eigenvalue weighted by molar-refractivity contribution is 7.98.